The lowest BCUT2D eigenvalue weighted by Gasteiger charge is -2.30. The van der Waals surface area contributed by atoms with Gasteiger partial charge >= 0.3 is 5.97 Å². The summed E-state index contributed by atoms with van der Waals surface area (Å²) in [6.45, 7) is 3.59. The SMILES string of the molecule is CCCCCC1(CC[C@@H]2[C@H]3CC(=O)O[C@H]3C[C@H]2N)OCCO1. The standard InChI is InChI=1S/C17H29NO4/c1-2-3-4-6-17(20-8-9-21-17)7-5-12-13-10-16(19)22-15(13)11-14(12)18/h12-15H,2-11,18H2,1H3/t12-,13-,14-,15+/m1/s1. The number of hydrogen-bond donors (Lipinski definition) is 1. The first-order valence-electron chi connectivity index (χ1n) is 8.86. The Bertz CT molecular complexity index is 394. The summed E-state index contributed by atoms with van der Waals surface area (Å²) in [6, 6.07) is 0.136. The zero-order chi connectivity index (χ0) is 15.6. The quantitative estimate of drug-likeness (QED) is 0.577. The number of hydrogen-bond acceptors (Lipinski definition) is 5. The van der Waals surface area contributed by atoms with Crippen LogP contribution in [-0.4, -0.2) is 37.1 Å². The molecule has 0 amide bonds. The van der Waals surface area contributed by atoms with Crippen LogP contribution in [0.1, 0.15) is 58.3 Å². The van der Waals surface area contributed by atoms with Crippen LogP contribution in [-0.2, 0) is 19.0 Å². The van der Waals surface area contributed by atoms with Crippen molar-refractivity contribution in [2.24, 2.45) is 17.6 Å². The van der Waals surface area contributed by atoms with Gasteiger partial charge in [0.1, 0.15) is 6.10 Å². The first kappa shape index (κ1) is 16.2. The Morgan fingerprint density at radius 2 is 2.00 bits per heavy atom. The molecule has 0 aromatic carbocycles. The highest BCUT2D eigenvalue weighted by molar-refractivity contribution is 5.72. The summed E-state index contributed by atoms with van der Waals surface area (Å²) >= 11 is 0. The Kier molecular flexibility index (Phi) is 5.05. The Labute approximate surface area is 132 Å². The molecule has 0 radical (unpaired) electrons. The third kappa shape index (κ3) is 3.31. The Morgan fingerprint density at radius 3 is 2.73 bits per heavy atom. The van der Waals surface area contributed by atoms with Crippen LogP contribution in [0.5, 0.6) is 0 Å². The zero-order valence-corrected chi connectivity index (χ0v) is 13.6. The van der Waals surface area contributed by atoms with E-state index in [1.807, 2.05) is 0 Å². The van der Waals surface area contributed by atoms with E-state index in [1.54, 1.807) is 0 Å². The number of nitrogens with two attached hydrogens (primary N) is 1. The minimum absolute atomic E-state index is 0.0500. The number of unbranched alkanes of at least 4 members (excludes halogenated alkanes) is 2. The molecule has 4 atom stereocenters. The molecule has 3 rings (SSSR count). The van der Waals surface area contributed by atoms with Gasteiger partial charge in [-0.3, -0.25) is 4.79 Å². The molecule has 0 spiro atoms. The monoisotopic (exact) mass is 311 g/mol. The van der Waals surface area contributed by atoms with Crippen LogP contribution in [0, 0.1) is 11.8 Å². The normalized spacial score (nSPS) is 36.5. The van der Waals surface area contributed by atoms with Gasteiger partial charge in [-0.15, -0.1) is 0 Å². The van der Waals surface area contributed by atoms with Crippen molar-refractivity contribution >= 4 is 5.97 Å². The van der Waals surface area contributed by atoms with E-state index in [0.717, 1.165) is 32.1 Å². The van der Waals surface area contributed by atoms with E-state index < -0.39 is 5.79 Å². The molecule has 5 heteroatoms. The van der Waals surface area contributed by atoms with Gasteiger partial charge in [0.15, 0.2) is 5.79 Å². The van der Waals surface area contributed by atoms with Crippen molar-refractivity contribution in [2.75, 3.05) is 13.2 Å². The lowest BCUT2D eigenvalue weighted by molar-refractivity contribution is -0.170. The van der Waals surface area contributed by atoms with Gasteiger partial charge < -0.3 is 19.9 Å². The molecule has 126 valence electrons. The first-order chi connectivity index (χ1) is 10.6. The molecule has 2 N–H and O–H groups in total. The summed E-state index contributed by atoms with van der Waals surface area (Å²) in [7, 11) is 0. The molecule has 0 aromatic heterocycles. The van der Waals surface area contributed by atoms with Gasteiger partial charge in [-0.2, -0.15) is 0 Å². The predicted octanol–water partition coefficient (Wildman–Crippen LogP) is 2.37. The van der Waals surface area contributed by atoms with Crippen LogP contribution in [0.15, 0.2) is 0 Å². The smallest absolute Gasteiger partial charge is 0.306 e. The summed E-state index contributed by atoms with van der Waals surface area (Å²) < 4.78 is 17.3. The average Bonchev–Trinajstić information content (AvgIpc) is 3.13. The molecule has 0 bridgehead atoms. The van der Waals surface area contributed by atoms with E-state index in [4.69, 9.17) is 19.9 Å². The summed E-state index contributed by atoms with van der Waals surface area (Å²) in [5, 5.41) is 0. The van der Waals surface area contributed by atoms with E-state index in [2.05, 4.69) is 6.92 Å². The van der Waals surface area contributed by atoms with Crippen LogP contribution < -0.4 is 5.73 Å². The van der Waals surface area contributed by atoms with Crippen molar-refractivity contribution in [1.29, 1.82) is 0 Å². The molecule has 3 aliphatic rings. The topological polar surface area (TPSA) is 70.8 Å². The molecule has 1 saturated carbocycles. The van der Waals surface area contributed by atoms with Crippen LogP contribution in [0.4, 0.5) is 0 Å². The minimum Gasteiger partial charge on any atom is -0.462 e. The molecule has 0 unspecified atom stereocenters. The van der Waals surface area contributed by atoms with Crippen LogP contribution >= 0.6 is 0 Å². The minimum atomic E-state index is -0.406. The van der Waals surface area contributed by atoms with Crippen molar-refractivity contribution in [3.63, 3.8) is 0 Å². The second-order valence-corrected chi connectivity index (χ2v) is 7.06. The summed E-state index contributed by atoms with van der Waals surface area (Å²) in [6.07, 6.45) is 7.76. The van der Waals surface area contributed by atoms with E-state index in [1.165, 1.54) is 12.8 Å². The predicted molar refractivity (Wildman–Crippen MR) is 82.1 cm³/mol. The highest BCUT2D eigenvalue weighted by Gasteiger charge is 2.49. The molecule has 22 heavy (non-hydrogen) atoms. The molecule has 2 saturated heterocycles. The van der Waals surface area contributed by atoms with E-state index in [-0.39, 0.29) is 18.1 Å². The summed E-state index contributed by atoms with van der Waals surface area (Å²) in [5.74, 6) is 0.193. The van der Waals surface area contributed by atoms with Gasteiger partial charge in [0, 0.05) is 31.2 Å². The Morgan fingerprint density at radius 1 is 1.23 bits per heavy atom. The van der Waals surface area contributed by atoms with Gasteiger partial charge in [0.25, 0.3) is 0 Å². The third-order valence-electron chi connectivity index (χ3n) is 5.60. The number of fused-ring (bicyclic) bond motifs is 1. The van der Waals surface area contributed by atoms with E-state index in [0.29, 0.717) is 31.5 Å². The van der Waals surface area contributed by atoms with Crippen molar-refractivity contribution < 1.29 is 19.0 Å². The van der Waals surface area contributed by atoms with Gasteiger partial charge in [-0.25, -0.2) is 0 Å². The van der Waals surface area contributed by atoms with Crippen LogP contribution in [0.3, 0.4) is 0 Å². The molecule has 5 nitrogen and oxygen atoms in total. The fourth-order valence-corrected chi connectivity index (χ4v) is 4.41. The van der Waals surface area contributed by atoms with Crippen molar-refractivity contribution in [2.45, 2.75) is 76.2 Å². The lowest BCUT2D eigenvalue weighted by atomic mass is 9.85. The summed E-state index contributed by atoms with van der Waals surface area (Å²) in [5.41, 5.74) is 6.29. The van der Waals surface area contributed by atoms with E-state index in [9.17, 15) is 4.79 Å². The third-order valence-corrected chi connectivity index (χ3v) is 5.60. The second-order valence-electron chi connectivity index (χ2n) is 7.06. The highest BCUT2D eigenvalue weighted by Crippen LogP contribution is 2.44. The Hall–Kier alpha value is -0.650. The number of carbonyl (C=O) groups excluding carboxylic acids is 1. The molecule has 2 heterocycles. The maximum atomic E-state index is 11.5. The molecular formula is C17H29NO4. The largest absolute Gasteiger partial charge is 0.462 e. The fraction of sp³-hybridized carbons (Fsp3) is 0.941. The van der Waals surface area contributed by atoms with Crippen molar-refractivity contribution in [1.82, 2.24) is 0 Å². The summed E-state index contributed by atoms with van der Waals surface area (Å²) in [4.78, 5) is 11.5. The van der Waals surface area contributed by atoms with Crippen LogP contribution in [0.25, 0.3) is 0 Å². The maximum absolute atomic E-state index is 11.5. The van der Waals surface area contributed by atoms with Crippen molar-refractivity contribution in [3.05, 3.63) is 0 Å². The van der Waals surface area contributed by atoms with Gasteiger partial charge in [-0.05, 0) is 18.8 Å². The first-order valence-corrected chi connectivity index (χ1v) is 8.86. The lowest BCUT2D eigenvalue weighted by Crippen LogP contribution is -2.34. The molecule has 0 aromatic rings. The van der Waals surface area contributed by atoms with Gasteiger partial charge in [-0.1, -0.05) is 19.8 Å². The second kappa shape index (κ2) is 6.85. The molecular weight excluding hydrogens is 282 g/mol. The van der Waals surface area contributed by atoms with Gasteiger partial charge in [0.2, 0.25) is 0 Å². The number of carbonyl (C=O) groups is 1. The number of ether oxygens (including phenoxy) is 3. The average molecular weight is 311 g/mol. The molecule has 2 aliphatic heterocycles. The fourth-order valence-electron chi connectivity index (χ4n) is 4.41. The highest BCUT2D eigenvalue weighted by atomic mass is 16.7. The van der Waals surface area contributed by atoms with Gasteiger partial charge in [0.05, 0.1) is 19.6 Å². The molecule has 1 aliphatic carbocycles. The Balaban J connectivity index is 1.56. The van der Waals surface area contributed by atoms with E-state index >= 15 is 0 Å². The number of rotatable bonds is 7. The number of esters is 1. The molecule has 3 fully saturated rings. The maximum Gasteiger partial charge on any atom is 0.306 e. The van der Waals surface area contributed by atoms with Crippen molar-refractivity contribution in [3.8, 4) is 0 Å². The van der Waals surface area contributed by atoms with Crippen LogP contribution in [0.2, 0.25) is 0 Å². The zero-order valence-electron chi connectivity index (χ0n) is 13.6.